The van der Waals surface area contributed by atoms with Crippen LogP contribution >= 0.6 is 0 Å². The lowest BCUT2D eigenvalue weighted by atomic mass is 9.94. The van der Waals surface area contributed by atoms with E-state index >= 15 is 0 Å². The summed E-state index contributed by atoms with van der Waals surface area (Å²) in [5.74, 6) is 0.688. The van der Waals surface area contributed by atoms with Gasteiger partial charge in [0.15, 0.2) is 19.7 Å². The van der Waals surface area contributed by atoms with E-state index in [4.69, 9.17) is 0 Å². The molecule has 1 aromatic carbocycles. The second kappa shape index (κ2) is 6.20. The maximum absolute atomic E-state index is 12.1. The Balaban J connectivity index is 2.44. The highest BCUT2D eigenvalue weighted by molar-refractivity contribution is 7.91. The Morgan fingerprint density at radius 2 is 1.64 bits per heavy atom. The van der Waals surface area contributed by atoms with Gasteiger partial charge in [-0.05, 0) is 37.0 Å². The van der Waals surface area contributed by atoms with Crippen LogP contribution in [0.4, 0.5) is 5.69 Å². The van der Waals surface area contributed by atoms with Crippen molar-refractivity contribution in [3.8, 4) is 0 Å². The SMILES string of the molecule is CCC1CCN(c2ccc(S(C)(=O)=O)cc2S(C)(=O)=O)CC1. The summed E-state index contributed by atoms with van der Waals surface area (Å²) in [4.78, 5) is 2.19. The highest BCUT2D eigenvalue weighted by Gasteiger charge is 2.24. The normalized spacial score (nSPS) is 17.7. The van der Waals surface area contributed by atoms with Crippen molar-refractivity contribution >= 4 is 25.4 Å². The fourth-order valence-corrected chi connectivity index (χ4v) is 4.51. The molecule has 0 N–H and O–H groups in total. The van der Waals surface area contributed by atoms with Gasteiger partial charge in [-0.2, -0.15) is 0 Å². The second-order valence-electron chi connectivity index (χ2n) is 6.01. The monoisotopic (exact) mass is 345 g/mol. The molecule has 1 heterocycles. The van der Waals surface area contributed by atoms with Gasteiger partial charge in [0.25, 0.3) is 0 Å². The van der Waals surface area contributed by atoms with E-state index < -0.39 is 19.7 Å². The molecule has 0 bridgehead atoms. The molecule has 0 aromatic heterocycles. The van der Waals surface area contributed by atoms with Gasteiger partial charge in [-0.25, -0.2) is 16.8 Å². The average Bonchev–Trinajstić information content (AvgIpc) is 2.45. The molecule has 5 nitrogen and oxygen atoms in total. The van der Waals surface area contributed by atoms with Crippen LogP contribution in [-0.4, -0.2) is 42.4 Å². The van der Waals surface area contributed by atoms with Crippen LogP contribution in [0.2, 0.25) is 0 Å². The third-order valence-corrected chi connectivity index (χ3v) is 6.53. The number of anilines is 1. The molecule has 1 aromatic rings. The molecule has 0 amide bonds. The Kier molecular flexibility index (Phi) is 4.87. The van der Waals surface area contributed by atoms with E-state index in [9.17, 15) is 16.8 Å². The molecule has 0 spiro atoms. The van der Waals surface area contributed by atoms with Gasteiger partial charge in [0.1, 0.15) is 0 Å². The predicted octanol–water partition coefficient (Wildman–Crippen LogP) is 2.12. The zero-order valence-corrected chi connectivity index (χ0v) is 14.9. The minimum absolute atomic E-state index is 0.0418. The lowest BCUT2D eigenvalue weighted by Crippen LogP contribution is -2.34. The first kappa shape index (κ1) is 17.3. The van der Waals surface area contributed by atoms with Crippen molar-refractivity contribution in [1.82, 2.24) is 0 Å². The first-order valence-electron chi connectivity index (χ1n) is 7.42. The number of piperidine rings is 1. The zero-order valence-electron chi connectivity index (χ0n) is 13.2. The molecule has 0 aliphatic carbocycles. The van der Waals surface area contributed by atoms with Crippen LogP contribution in [0, 0.1) is 5.92 Å². The summed E-state index contributed by atoms with van der Waals surface area (Å²) in [5, 5.41) is 0. The molecule has 1 aliphatic rings. The van der Waals surface area contributed by atoms with Gasteiger partial charge in [0.05, 0.1) is 15.5 Å². The second-order valence-corrected chi connectivity index (χ2v) is 10.0. The van der Waals surface area contributed by atoms with Gasteiger partial charge in [0.2, 0.25) is 0 Å². The summed E-state index contributed by atoms with van der Waals surface area (Å²) in [5.41, 5.74) is 0.615. The Labute approximate surface area is 133 Å². The molecule has 0 atom stereocenters. The highest BCUT2D eigenvalue weighted by Crippen LogP contribution is 2.32. The molecule has 1 aliphatic heterocycles. The van der Waals surface area contributed by atoms with Crippen molar-refractivity contribution in [3.05, 3.63) is 18.2 Å². The number of sulfone groups is 2. The van der Waals surface area contributed by atoms with Gasteiger partial charge < -0.3 is 4.90 Å². The number of hydrogen-bond acceptors (Lipinski definition) is 5. The van der Waals surface area contributed by atoms with Crippen LogP contribution in [0.5, 0.6) is 0 Å². The van der Waals surface area contributed by atoms with Gasteiger partial charge in [-0.3, -0.25) is 0 Å². The Hall–Kier alpha value is -1.08. The Morgan fingerprint density at radius 3 is 2.09 bits per heavy atom. The summed E-state index contributed by atoms with van der Waals surface area (Å²) in [6.07, 6.45) is 5.42. The summed E-state index contributed by atoms with van der Waals surface area (Å²) in [7, 11) is -6.92. The number of hydrogen-bond donors (Lipinski definition) is 0. The van der Waals surface area contributed by atoms with Crippen molar-refractivity contribution in [3.63, 3.8) is 0 Å². The fraction of sp³-hybridized carbons (Fsp3) is 0.600. The minimum atomic E-state index is -3.49. The highest BCUT2D eigenvalue weighted by atomic mass is 32.2. The van der Waals surface area contributed by atoms with Crippen LogP contribution in [-0.2, 0) is 19.7 Å². The van der Waals surface area contributed by atoms with Crippen molar-refractivity contribution in [2.24, 2.45) is 5.92 Å². The minimum Gasteiger partial charge on any atom is -0.370 e. The molecular formula is C15H23NO4S2. The molecule has 0 saturated carbocycles. The molecule has 22 heavy (non-hydrogen) atoms. The van der Waals surface area contributed by atoms with Crippen LogP contribution in [0.1, 0.15) is 26.2 Å². The molecule has 1 saturated heterocycles. The lowest BCUT2D eigenvalue weighted by molar-refractivity contribution is 0.394. The average molecular weight is 345 g/mol. The first-order valence-corrected chi connectivity index (χ1v) is 11.2. The van der Waals surface area contributed by atoms with E-state index in [-0.39, 0.29) is 9.79 Å². The molecule has 2 rings (SSSR count). The smallest absolute Gasteiger partial charge is 0.177 e. The van der Waals surface area contributed by atoms with Crippen LogP contribution in [0.3, 0.4) is 0 Å². The van der Waals surface area contributed by atoms with Crippen molar-refractivity contribution in [1.29, 1.82) is 0 Å². The van der Waals surface area contributed by atoms with Crippen LogP contribution < -0.4 is 4.90 Å². The van der Waals surface area contributed by atoms with Gasteiger partial charge in [0, 0.05) is 25.6 Å². The van der Waals surface area contributed by atoms with E-state index in [2.05, 4.69) is 11.8 Å². The fourth-order valence-electron chi connectivity index (χ4n) is 2.87. The van der Waals surface area contributed by atoms with Crippen molar-refractivity contribution < 1.29 is 16.8 Å². The molecule has 124 valence electrons. The topological polar surface area (TPSA) is 71.5 Å². The van der Waals surface area contributed by atoms with Gasteiger partial charge in [-0.1, -0.05) is 13.3 Å². The maximum atomic E-state index is 12.1. The molecule has 0 radical (unpaired) electrons. The Morgan fingerprint density at radius 1 is 1.05 bits per heavy atom. The maximum Gasteiger partial charge on any atom is 0.177 e. The summed E-state index contributed by atoms with van der Waals surface area (Å²) < 4.78 is 47.5. The van der Waals surface area contributed by atoms with Crippen molar-refractivity contribution in [2.75, 3.05) is 30.5 Å². The standard InChI is InChI=1S/C15H23NO4S2/c1-4-12-7-9-16(10-8-12)14-6-5-13(21(2,17)18)11-15(14)22(3,19)20/h5-6,11-12H,4,7-10H2,1-3H3. The van der Waals surface area contributed by atoms with Gasteiger partial charge >= 0.3 is 0 Å². The lowest BCUT2D eigenvalue weighted by Gasteiger charge is -2.34. The van der Waals surface area contributed by atoms with Crippen molar-refractivity contribution in [2.45, 2.75) is 36.0 Å². The predicted molar refractivity (Wildman–Crippen MR) is 87.9 cm³/mol. The number of nitrogens with zero attached hydrogens (tertiary/aromatic N) is 1. The third-order valence-electron chi connectivity index (χ3n) is 4.29. The third kappa shape index (κ3) is 3.81. The molecule has 7 heteroatoms. The first-order chi connectivity index (χ1) is 10.1. The Bertz CT molecular complexity index is 746. The molecule has 1 fully saturated rings. The zero-order chi connectivity index (χ0) is 16.5. The molecular weight excluding hydrogens is 322 g/mol. The van der Waals surface area contributed by atoms with E-state index in [1.165, 1.54) is 12.1 Å². The van der Waals surface area contributed by atoms with Crippen LogP contribution in [0.15, 0.2) is 28.0 Å². The van der Waals surface area contributed by atoms with E-state index in [0.29, 0.717) is 11.6 Å². The van der Waals surface area contributed by atoms with E-state index in [1.807, 2.05) is 0 Å². The number of rotatable bonds is 4. The molecule has 0 unspecified atom stereocenters. The van der Waals surface area contributed by atoms with Crippen LogP contribution in [0.25, 0.3) is 0 Å². The summed E-state index contributed by atoms with van der Waals surface area (Å²) in [6.45, 7) is 3.78. The van der Waals surface area contributed by atoms with E-state index in [1.54, 1.807) is 6.07 Å². The van der Waals surface area contributed by atoms with Gasteiger partial charge in [-0.15, -0.1) is 0 Å². The summed E-state index contributed by atoms with van der Waals surface area (Å²) >= 11 is 0. The van der Waals surface area contributed by atoms with E-state index in [0.717, 1.165) is 44.9 Å². The largest absolute Gasteiger partial charge is 0.370 e. The summed E-state index contributed by atoms with van der Waals surface area (Å²) in [6, 6.07) is 4.40. The quantitative estimate of drug-likeness (QED) is 0.836. The number of benzene rings is 1.